The highest BCUT2D eigenvalue weighted by atomic mass is 79.9. The molecule has 4 heteroatoms. The van der Waals surface area contributed by atoms with E-state index in [-0.39, 0.29) is 0 Å². The second-order valence-electron chi connectivity index (χ2n) is 4.39. The van der Waals surface area contributed by atoms with Crippen molar-refractivity contribution in [2.45, 2.75) is 38.3 Å². The van der Waals surface area contributed by atoms with E-state index in [0.717, 1.165) is 13.0 Å². The van der Waals surface area contributed by atoms with Gasteiger partial charge in [-0.2, -0.15) is 0 Å². The van der Waals surface area contributed by atoms with E-state index in [9.17, 15) is 0 Å². The van der Waals surface area contributed by atoms with Crippen LogP contribution in [0.3, 0.4) is 0 Å². The minimum absolute atomic E-state index is 0.314. The second kappa shape index (κ2) is 6.15. The first-order chi connectivity index (χ1) is 7.79. The van der Waals surface area contributed by atoms with Crippen LogP contribution in [0.15, 0.2) is 15.2 Å². The highest BCUT2D eigenvalue weighted by Gasteiger charge is 2.21. The van der Waals surface area contributed by atoms with Gasteiger partial charge >= 0.3 is 0 Å². The van der Waals surface area contributed by atoms with Crippen molar-refractivity contribution in [2.24, 2.45) is 0 Å². The van der Waals surface area contributed by atoms with Gasteiger partial charge in [0.05, 0.1) is 3.79 Å². The minimum atomic E-state index is 0.314. The Kier molecular flexibility index (Phi) is 4.82. The third-order valence-corrected chi connectivity index (χ3v) is 4.77. The predicted molar refractivity (Wildman–Crippen MR) is 71.8 cm³/mol. The molecular formula is C12H18BrNOS. The van der Waals surface area contributed by atoms with Crippen molar-refractivity contribution in [3.8, 4) is 0 Å². The van der Waals surface area contributed by atoms with Crippen molar-refractivity contribution in [3.05, 3.63) is 20.8 Å². The molecule has 0 aliphatic carbocycles. The Hall–Kier alpha value is 0.100. The number of hydrogen-bond donors (Lipinski definition) is 1. The summed E-state index contributed by atoms with van der Waals surface area (Å²) in [6.07, 6.45) is 4.78. The maximum atomic E-state index is 9.07. The van der Waals surface area contributed by atoms with Crippen molar-refractivity contribution in [1.82, 2.24) is 4.90 Å². The van der Waals surface area contributed by atoms with E-state index >= 15 is 0 Å². The van der Waals surface area contributed by atoms with Gasteiger partial charge in [-0.05, 0) is 58.7 Å². The summed E-state index contributed by atoms with van der Waals surface area (Å²) in [4.78, 5) is 2.52. The van der Waals surface area contributed by atoms with Crippen LogP contribution in [-0.2, 0) is 6.54 Å². The van der Waals surface area contributed by atoms with Crippen molar-refractivity contribution < 1.29 is 5.11 Å². The molecule has 0 bridgehead atoms. The molecule has 1 atom stereocenters. The van der Waals surface area contributed by atoms with Crippen LogP contribution in [0.1, 0.15) is 31.2 Å². The molecule has 0 aromatic carbocycles. The van der Waals surface area contributed by atoms with E-state index in [1.165, 1.54) is 35.2 Å². The van der Waals surface area contributed by atoms with Crippen LogP contribution in [-0.4, -0.2) is 29.2 Å². The van der Waals surface area contributed by atoms with Crippen LogP contribution >= 0.6 is 27.3 Å². The van der Waals surface area contributed by atoms with Crippen molar-refractivity contribution >= 4 is 27.3 Å². The van der Waals surface area contributed by atoms with E-state index in [1.807, 2.05) is 0 Å². The Labute approximate surface area is 109 Å². The first-order valence-corrected chi connectivity index (χ1v) is 7.54. The van der Waals surface area contributed by atoms with Gasteiger partial charge in [0.2, 0.25) is 0 Å². The van der Waals surface area contributed by atoms with Crippen molar-refractivity contribution in [3.63, 3.8) is 0 Å². The molecule has 2 nitrogen and oxygen atoms in total. The van der Waals surface area contributed by atoms with Gasteiger partial charge in [0.15, 0.2) is 0 Å². The Morgan fingerprint density at radius 1 is 1.50 bits per heavy atom. The molecule has 1 N–H and O–H groups in total. The summed E-state index contributed by atoms with van der Waals surface area (Å²) in [5.41, 5.74) is 1.39. The largest absolute Gasteiger partial charge is 0.396 e. The number of hydrogen-bond acceptors (Lipinski definition) is 3. The minimum Gasteiger partial charge on any atom is -0.396 e. The normalized spacial score (nSPS) is 22.5. The average Bonchev–Trinajstić information content (AvgIpc) is 2.67. The number of piperidine rings is 1. The zero-order valence-electron chi connectivity index (χ0n) is 9.36. The fourth-order valence-electron chi connectivity index (χ4n) is 2.41. The molecule has 16 heavy (non-hydrogen) atoms. The molecule has 1 saturated heterocycles. The molecule has 0 spiro atoms. The number of thiophene rings is 1. The van der Waals surface area contributed by atoms with Crippen molar-refractivity contribution in [1.29, 1.82) is 0 Å². The first kappa shape index (κ1) is 12.6. The number of aliphatic hydroxyl groups excluding tert-OH is 1. The number of likely N-dealkylation sites (tertiary alicyclic amines) is 1. The van der Waals surface area contributed by atoms with Crippen LogP contribution in [0.2, 0.25) is 0 Å². The standard InChI is InChI=1S/C12H18BrNOS/c13-12-7-10(9-16-12)8-14-5-2-1-3-11(14)4-6-15/h7,9,11,15H,1-6,8H2. The Balaban J connectivity index is 1.95. The summed E-state index contributed by atoms with van der Waals surface area (Å²) in [7, 11) is 0. The first-order valence-electron chi connectivity index (χ1n) is 5.87. The lowest BCUT2D eigenvalue weighted by Gasteiger charge is -2.35. The van der Waals surface area contributed by atoms with Crippen LogP contribution in [0.25, 0.3) is 0 Å². The number of rotatable bonds is 4. The van der Waals surface area contributed by atoms with E-state index in [2.05, 4.69) is 32.3 Å². The van der Waals surface area contributed by atoms with E-state index in [1.54, 1.807) is 11.3 Å². The molecule has 1 aromatic rings. The monoisotopic (exact) mass is 303 g/mol. The fourth-order valence-corrected chi connectivity index (χ4v) is 3.61. The topological polar surface area (TPSA) is 23.5 Å². The SMILES string of the molecule is OCCC1CCCCN1Cc1csc(Br)c1. The van der Waals surface area contributed by atoms with Gasteiger partial charge in [0.25, 0.3) is 0 Å². The van der Waals surface area contributed by atoms with Crippen LogP contribution in [0, 0.1) is 0 Å². The Bertz CT molecular complexity index is 327. The zero-order valence-corrected chi connectivity index (χ0v) is 11.8. The summed E-state index contributed by atoms with van der Waals surface area (Å²) in [6.45, 7) is 2.53. The summed E-state index contributed by atoms with van der Waals surface area (Å²) in [5.74, 6) is 0. The molecule has 2 heterocycles. The molecule has 0 saturated carbocycles. The molecule has 1 unspecified atom stereocenters. The molecule has 1 fully saturated rings. The molecule has 1 aliphatic heterocycles. The second-order valence-corrected chi connectivity index (χ2v) is 6.68. The van der Waals surface area contributed by atoms with Gasteiger partial charge in [-0.3, -0.25) is 4.90 Å². The smallest absolute Gasteiger partial charge is 0.0701 e. The van der Waals surface area contributed by atoms with E-state index in [4.69, 9.17) is 5.11 Å². The third kappa shape index (κ3) is 3.29. The lowest BCUT2D eigenvalue weighted by Crippen LogP contribution is -2.39. The maximum Gasteiger partial charge on any atom is 0.0701 e. The summed E-state index contributed by atoms with van der Waals surface area (Å²) in [5, 5.41) is 11.3. The molecule has 0 amide bonds. The quantitative estimate of drug-likeness (QED) is 0.923. The van der Waals surface area contributed by atoms with Crippen LogP contribution in [0.5, 0.6) is 0 Å². The highest BCUT2D eigenvalue weighted by molar-refractivity contribution is 9.11. The highest BCUT2D eigenvalue weighted by Crippen LogP contribution is 2.25. The Morgan fingerprint density at radius 3 is 3.06 bits per heavy atom. The van der Waals surface area contributed by atoms with E-state index in [0.29, 0.717) is 12.6 Å². The molecule has 1 aromatic heterocycles. The molecular weight excluding hydrogens is 286 g/mol. The molecule has 0 radical (unpaired) electrons. The number of halogens is 1. The van der Waals surface area contributed by atoms with Gasteiger partial charge in [-0.1, -0.05) is 6.42 Å². The average molecular weight is 304 g/mol. The van der Waals surface area contributed by atoms with Gasteiger partial charge in [-0.15, -0.1) is 11.3 Å². The van der Waals surface area contributed by atoms with Gasteiger partial charge in [0, 0.05) is 19.2 Å². The summed E-state index contributed by atoms with van der Waals surface area (Å²) < 4.78 is 1.21. The maximum absolute atomic E-state index is 9.07. The molecule has 90 valence electrons. The molecule has 2 rings (SSSR count). The molecule has 1 aliphatic rings. The summed E-state index contributed by atoms with van der Waals surface area (Å²) in [6, 6.07) is 2.78. The lowest BCUT2D eigenvalue weighted by molar-refractivity contribution is 0.112. The van der Waals surface area contributed by atoms with Crippen LogP contribution < -0.4 is 0 Å². The summed E-state index contributed by atoms with van der Waals surface area (Å²) >= 11 is 5.25. The third-order valence-electron chi connectivity index (χ3n) is 3.22. The van der Waals surface area contributed by atoms with E-state index < -0.39 is 0 Å². The van der Waals surface area contributed by atoms with Gasteiger partial charge in [-0.25, -0.2) is 0 Å². The predicted octanol–water partition coefficient (Wildman–Crippen LogP) is 3.25. The number of nitrogens with zero attached hydrogens (tertiary/aromatic N) is 1. The lowest BCUT2D eigenvalue weighted by atomic mass is 9.99. The van der Waals surface area contributed by atoms with Gasteiger partial charge < -0.3 is 5.11 Å². The van der Waals surface area contributed by atoms with Crippen LogP contribution in [0.4, 0.5) is 0 Å². The number of aliphatic hydroxyl groups is 1. The van der Waals surface area contributed by atoms with Gasteiger partial charge in [0.1, 0.15) is 0 Å². The Morgan fingerprint density at radius 2 is 2.38 bits per heavy atom. The fraction of sp³-hybridized carbons (Fsp3) is 0.667. The van der Waals surface area contributed by atoms with Crippen molar-refractivity contribution in [2.75, 3.05) is 13.2 Å². The zero-order chi connectivity index (χ0) is 11.4.